The molecule has 0 aliphatic carbocycles. The highest BCUT2D eigenvalue weighted by atomic mass is 35.5. The van der Waals surface area contributed by atoms with E-state index in [2.05, 4.69) is 10.9 Å². The first kappa shape index (κ1) is 12.7. The van der Waals surface area contributed by atoms with E-state index in [0.29, 0.717) is 15.6 Å². The summed E-state index contributed by atoms with van der Waals surface area (Å²) >= 11 is 12.2. The van der Waals surface area contributed by atoms with Crippen LogP contribution in [-0.2, 0) is 0 Å². The van der Waals surface area contributed by atoms with E-state index in [1.807, 2.05) is 0 Å². The number of nitrogens with zero attached hydrogens (tertiary/aromatic N) is 2. The van der Waals surface area contributed by atoms with Crippen LogP contribution >= 0.6 is 23.2 Å². The van der Waals surface area contributed by atoms with Crippen LogP contribution in [-0.4, -0.2) is 23.3 Å². The van der Waals surface area contributed by atoms with Crippen molar-refractivity contribution in [1.82, 2.24) is 4.90 Å². The maximum atomic E-state index is 11.7. The Kier molecular flexibility index (Phi) is 3.46. The first-order chi connectivity index (χ1) is 8.56. The lowest BCUT2D eigenvalue weighted by Crippen LogP contribution is -2.34. The summed E-state index contributed by atoms with van der Waals surface area (Å²) in [5.74, 6) is 2.53. The maximum Gasteiger partial charge on any atom is 0.346 e. The van der Waals surface area contributed by atoms with E-state index in [4.69, 9.17) is 35.4 Å². The number of hydrogen-bond donors (Lipinski definition) is 1. The lowest BCUT2D eigenvalue weighted by atomic mass is 10.1. The molecule has 1 aliphatic heterocycles. The normalized spacial score (nSPS) is 18.7. The number of carbonyl (C=O) groups is 1. The lowest BCUT2D eigenvalue weighted by molar-refractivity contribution is 0.213. The number of halogens is 2. The predicted molar refractivity (Wildman–Crippen MR) is 71.8 cm³/mol. The Morgan fingerprint density at radius 1 is 1.44 bits per heavy atom. The number of nitrogens with two attached hydrogens (primary N) is 1. The third-order valence-corrected chi connectivity index (χ3v) is 3.26. The lowest BCUT2D eigenvalue weighted by Gasteiger charge is -2.24. The van der Waals surface area contributed by atoms with Crippen molar-refractivity contribution < 1.29 is 4.79 Å². The molecule has 2 rings (SSSR count). The van der Waals surface area contributed by atoms with Crippen LogP contribution in [0.5, 0.6) is 0 Å². The van der Waals surface area contributed by atoms with Gasteiger partial charge in [-0.1, -0.05) is 35.2 Å². The summed E-state index contributed by atoms with van der Waals surface area (Å²) in [6.45, 7) is 0.0925. The van der Waals surface area contributed by atoms with E-state index >= 15 is 0 Å². The van der Waals surface area contributed by atoms with Crippen LogP contribution in [0.25, 0.3) is 0 Å². The Morgan fingerprint density at radius 2 is 2.06 bits per heavy atom. The molecule has 0 bridgehead atoms. The molecule has 2 amide bonds. The van der Waals surface area contributed by atoms with Gasteiger partial charge < -0.3 is 5.73 Å². The summed E-state index contributed by atoms with van der Waals surface area (Å²) in [6, 6.07) is 3.98. The minimum atomic E-state index is -0.602. The van der Waals surface area contributed by atoms with Crippen LogP contribution < -0.4 is 5.73 Å². The Bertz CT molecular complexity index is 557. The SMILES string of the molecule is C#CCN1C(=O)N=C(N)C1c1c(Cl)cccc1Cl. The largest absolute Gasteiger partial charge is 0.385 e. The van der Waals surface area contributed by atoms with Crippen molar-refractivity contribution in [3.63, 3.8) is 0 Å². The second-order valence-electron chi connectivity index (χ2n) is 3.69. The molecule has 1 aromatic carbocycles. The molecular weight excluding hydrogens is 273 g/mol. The number of amidine groups is 1. The van der Waals surface area contributed by atoms with Crippen molar-refractivity contribution in [2.45, 2.75) is 6.04 Å². The molecule has 0 spiro atoms. The Morgan fingerprint density at radius 3 is 2.61 bits per heavy atom. The first-order valence-electron chi connectivity index (χ1n) is 5.08. The molecule has 1 aliphatic rings. The molecule has 0 fully saturated rings. The van der Waals surface area contributed by atoms with Gasteiger partial charge in [0.25, 0.3) is 0 Å². The zero-order valence-corrected chi connectivity index (χ0v) is 10.7. The van der Waals surface area contributed by atoms with Gasteiger partial charge in [0, 0.05) is 15.6 Å². The molecule has 1 aromatic rings. The summed E-state index contributed by atoms with van der Waals surface area (Å²) in [6.07, 6.45) is 5.23. The molecule has 0 saturated carbocycles. The Balaban J connectivity index is 2.52. The van der Waals surface area contributed by atoms with Gasteiger partial charge in [0.15, 0.2) is 0 Å². The molecule has 1 heterocycles. The smallest absolute Gasteiger partial charge is 0.346 e. The van der Waals surface area contributed by atoms with Gasteiger partial charge in [-0.3, -0.25) is 4.90 Å². The number of benzene rings is 1. The Labute approximate surface area is 114 Å². The number of aliphatic imine (C=N–C) groups is 1. The molecule has 1 atom stereocenters. The predicted octanol–water partition coefficient (Wildman–Crippen LogP) is 2.46. The van der Waals surface area contributed by atoms with Gasteiger partial charge in [0.2, 0.25) is 0 Å². The van der Waals surface area contributed by atoms with Crippen molar-refractivity contribution >= 4 is 35.1 Å². The van der Waals surface area contributed by atoms with Crippen molar-refractivity contribution in [3.8, 4) is 12.3 Å². The fourth-order valence-electron chi connectivity index (χ4n) is 1.84. The van der Waals surface area contributed by atoms with Gasteiger partial charge in [-0.25, -0.2) is 4.79 Å². The van der Waals surface area contributed by atoms with Crippen LogP contribution in [0.3, 0.4) is 0 Å². The quantitative estimate of drug-likeness (QED) is 0.847. The highest BCUT2D eigenvalue weighted by Crippen LogP contribution is 2.36. The van der Waals surface area contributed by atoms with Gasteiger partial charge in [-0.15, -0.1) is 6.42 Å². The average Bonchev–Trinajstić information content (AvgIpc) is 2.56. The van der Waals surface area contributed by atoms with E-state index in [9.17, 15) is 4.79 Å². The van der Waals surface area contributed by atoms with Crippen molar-refractivity contribution in [2.24, 2.45) is 10.7 Å². The molecule has 0 radical (unpaired) electrons. The van der Waals surface area contributed by atoms with E-state index in [1.54, 1.807) is 18.2 Å². The summed E-state index contributed by atoms with van der Waals surface area (Å²) in [5, 5.41) is 0.838. The van der Waals surface area contributed by atoms with Gasteiger partial charge >= 0.3 is 6.03 Å². The van der Waals surface area contributed by atoms with Gasteiger partial charge in [-0.2, -0.15) is 4.99 Å². The Hall–Kier alpha value is -1.70. The fraction of sp³-hybridized carbons (Fsp3) is 0.167. The molecule has 0 saturated heterocycles. The average molecular weight is 282 g/mol. The molecule has 4 nitrogen and oxygen atoms in total. The number of rotatable bonds is 2. The van der Waals surface area contributed by atoms with Gasteiger partial charge in [-0.05, 0) is 12.1 Å². The summed E-state index contributed by atoms with van der Waals surface area (Å²) in [4.78, 5) is 16.7. The van der Waals surface area contributed by atoms with Crippen molar-refractivity contribution in [3.05, 3.63) is 33.8 Å². The van der Waals surface area contributed by atoms with Gasteiger partial charge in [0.05, 0.1) is 6.54 Å². The zero-order chi connectivity index (χ0) is 13.3. The van der Waals surface area contributed by atoms with Crippen LogP contribution in [0.4, 0.5) is 4.79 Å². The summed E-state index contributed by atoms with van der Waals surface area (Å²) in [7, 11) is 0. The molecule has 0 aromatic heterocycles. The topological polar surface area (TPSA) is 58.7 Å². The summed E-state index contributed by atoms with van der Waals surface area (Å²) in [5.41, 5.74) is 6.31. The number of hydrogen-bond acceptors (Lipinski definition) is 2. The first-order valence-corrected chi connectivity index (χ1v) is 5.84. The van der Waals surface area contributed by atoms with E-state index in [1.165, 1.54) is 4.90 Å². The monoisotopic (exact) mass is 281 g/mol. The minimum absolute atomic E-state index is 0.0925. The van der Waals surface area contributed by atoms with Crippen LogP contribution in [0.1, 0.15) is 11.6 Å². The third kappa shape index (κ3) is 2.03. The molecular formula is C12H9Cl2N3O. The van der Waals surface area contributed by atoms with E-state index < -0.39 is 12.1 Å². The second-order valence-corrected chi connectivity index (χ2v) is 4.50. The van der Waals surface area contributed by atoms with Crippen LogP contribution in [0, 0.1) is 12.3 Å². The highest BCUT2D eigenvalue weighted by molar-refractivity contribution is 6.36. The third-order valence-electron chi connectivity index (χ3n) is 2.60. The number of terminal acetylenes is 1. The number of amides is 2. The standard InChI is InChI=1S/C12H9Cl2N3O/c1-2-6-17-10(11(15)16-12(17)18)9-7(13)4-3-5-8(9)14/h1,3-5,10H,6H2,(H2,15,16,18). The second kappa shape index (κ2) is 4.89. The van der Waals surface area contributed by atoms with Gasteiger partial charge in [0.1, 0.15) is 11.9 Å². The van der Waals surface area contributed by atoms with Crippen LogP contribution in [0.2, 0.25) is 10.0 Å². The molecule has 18 heavy (non-hydrogen) atoms. The van der Waals surface area contributed by atoms with E-state index in [0.717, 1.165) is 0 Å². The van der Waals surface area contributed by atoms with Crippen LogP contribution in [0.15, 0.2) is 23.2 Å². The maximum absolute atomic E-state index is 11.7. The molecule has 92 valence electrons. The summed E-state index contributed by atoms with van der Waals surface area (Å²) < 4.78 is 0. The zero-order valence-electron chi connectivity index (χ0n) is 9.23. The number of urea groups is 1. The van der Waals surface area contributed by atoms with Crippen molar-refractivity contribution in [1.29, 1.82) is 0 Å². The number of carbonyl (C=O) groups excluding carboxylic acids is 1. The van der Waals surface area contributed by atoms with E-state index in [-0.39, 0.29) is 12.4 Å². The van der Waals surface area contributed by atoms with Crippen molar-refractivity contribution in [2.75, 3.05) is 6.54 Å². The fourth-order valence-corrected chi connectivity index (χ4v) is 2.44. The molecule has 2 N–H and O–H groups in total. The molecule has 6 heteroatoms. The minimum Gasteiger partial charge on any atom is -0.385 e. The molecule has 1 unspecified atom stereocenters. The highest BCUT2D eigenvalue weighted by Gasteiger charge is 2.36.